The molecule has 0 fully saturated rings. The fourth-order valence-electron chi connectivity index (χ4n) is 5.54. The smallest absolute Gasteiger partial charge is 0.369 e. The van der Waals surface area contributed by atoms with Gasteiger partial charge in [0.15, 0.2) is 0 Å². The molecule has 39 heavy (non-hydrogen) atoms. The van der Waals surface area contributed by atoms with E-state index < -0.39 is 29.1 Å². The number of benzene rings is 2. The molecule has 3 amide bonds. The number of allylic oxidation sites excluding steroid dienone is 2. The molecule has 0 saturated heterocycles. The average molecular weight is 537 g/mol. The van der Waals surface area contributed by atoms with Gasteiger partial charge < -0.3 is 16.4 Å². The summed E-state index contributed by atoms with van der Waals surface area (Å²) >= 11 is 0. The molecule has 2 heterocycles. The molecular formula is C28H27F3N6O2. The molecule has 0 spiro atoms. The van der Waals surface area contributed by atoms with Crippen LogP contribution in [0.1, 0.15) is 30.4 Å². The Bertz CT molecular complexity index is 1480. The Morgan fingerprint density at radius 1 is 1.03 bits per heavy atom. The van der Waals surface area contributed by atoms with Gasteiger partial charge in [-0.1, -0.05) is 53.8 Å². The maximum atomic E-state index is 13.5. The number of primary amides is 2. The number of aryl methyl sites for hydroxylation is 1. The van der Waals surface area contributed by atoms with E-state index in [1.165, 1.54) is 11.0 Å². The number of urea groups is 1. The number of rotatable bonds is 6. The zero-order valence-electron chi connectivity index (χ0n) is 21.0. The summed E-state index contributed by atoms with van der Waals surface area (Å²) in [6.45, 7) is 0.639. The van der Waals surface area contributed by atoms with Gasteiger partial charge in [-0.05, 0) is 53.7 Å². The van der Waals surface area contributed by atoms with Crippen LogP contribution in [0.5, 0.6) is 0 Å². The van der Waals surface area contributed by atoms with Crippen LogP contribution in [0, 0.1) is 5.41 Å². The summed E-state index contributed by atoms with van der Waals surface area (Å²) < 4.78 is 42.1. The molecule has 4 N–H and O–H groups in total. The SMILES string of the molecule is NC(=O)N1CCC2=C(C1)C(CCn1nncc1-c1ccccc1)(C(N)=O)CC=C2c1cccc(C(F)(F)F)c1. The first-order valence-corrected chi connectivity index (χ1v) is 12.5. The minimum absolute atomic E-state index is 0.0623. The van der Waals surface area contributed by atoms with Crippen molar-refractivity contribution in [3.8, 4) is 11.3 Å². The molecule has 202 valence electrons. The number of aromatic nitrogens is 3. The van der Waals surface area contributed by atoms with Crippen LogP contribution < -0.4 is 11.5 Å². The molecule has 0 saturated carbocycles. The summed E-state index contributed by atoms with van der Waals surface area (Å²) in [5, 5.41) is 8.24. The van der Waals surface area contributed by atoms with Crippen molar-refractivity contribution in [3.63, 3.8) is 0 Å². The number of carbonyl (C=O) groups is 2. The van der Waals surface area contributed by atoms with E-state index >= 15 is 0 Å². The molecule has 1 atom stereocenters. The van der Waals surface area contributed by atoms with E-state index in [1.807, 2.05) is 30.3 Å². The van der Waals surface area contributed by atoms with Gasteiger partial charge in [-0.2, -0.15) is 13.2 Å². The minimum Gasteiger partial charge on any atom is -0.369 e. The van der Waals surface area contributed by atoms with Gasteiger partial charge in [-0.3, -0.25) is 4.79 Å². The van der Waals surface area contributed by atoms with Crippen LogP contribution in [0.2, 0.25) is 0 Å². The number of amides is 3. The maximum absolute atomic E-state index is 13.5. The summed E-state index contributed by atoms with van der Waals surface area (Å²) in [6.07, 6.45) is -0.327. The second-order valence-corrected chi connectivity index (χ2v) is 9.77. The number of nitrogens with two attached hydrogens (primary N) is 2. The van der Waals surface area contributed by atoms with E-state index in [4.69, 9.17) is 11.5 Å². The highest BCUT2D eigenvalue weighted by Gasteiger charge is 2.46. The van der Waals surface area contributed by atoms with Crippen molar-refractivity contribution >= 4 is 17.5 Å². The molecule has 11 heteroatoms. The number of carbonyl (C=O) groups excluding carboxylic acids is 2. The quantitative estimate of drug-likeness (QED) is 0.485. The van der Waals surface area contributed by atoms with Gasteiger partial charge in [0.05, 0.1) is 22.9 Å². The highest BCUT2D eigenvalue weighted by molar-refractivity contribution is 5.91. The maximum Gasteiger partial charge on any atom is 0.416 e. The first-order valence-electron chi connectivity index (χ1n) is 12.5. The van der Waals surface area contributed by atoms with E-state index in [1.54, 1.807) is 23.0 Å². The second kappa shape index (κ2) is 10.0. The van der Waals surface area contributed by atoms with Gasteiger partial charge in [0.2, 0.25) is 5.91 Å². The largest absolute Gasteiger partial charge is 0.416 e. The van der Waals surface area contributed by atoms with Gasteiger partial charge in [0.1, 0.15) is 0 Å². The molecule has 0 bridgehead atoms. The summed E-state index contributed by atoms with van der Waals surface area (Å²) in [6, 6.07) is 14.0. The Hall–Kier alpha value is -4.41. The third-order valence-corrected chi connectivity index (χ3v) is 7.62. The molecule has 2 aliphatic rings. The third kappa shape index (κ3) is 4.91. The van der Waals surface area contributed by atoms with Gasteiger partial charge in [-0.15, -0.1) is 5.10 Å². The van der Waals surface area contributed by atoms with Gasteiger partial charge in [0, 0.05) is 25.2 Å². The van der Waals surface area contributed by atoms with E-state index in [2.05, 4.69) is 10.3 Å². The lowest BCUT2D eigenvalue weighted by Gasteiger charge is -2.43. The highest BCUT2D eigenvalue weighted by Crippen LogP contribution is 2.49. The summed E-state index contributed by atoms with van der Waals surface area (Å²) in [7, 11) is 0. The lowest BCUT2D eigenvalue weighted by Crippen LogP contribution is -2.49. The summed E-state index contributed by atoms with van der Waals surface area (Å²) in [5.41, 5.74) is 13.7. The normalized spacial score (nSPS) is 19.5. The van der Waals surface area contributed by atoms with Gasteiger partial charge in [0.25, 0.3) is 0 Å². The van der Waals surface area contributed by atoms with E-state index in [0.717, 1.165) is 29.0 Å². The number of nitrogens with zero attached hydrogens (tertiary/aromatic N) is 4. The van der Waals surface area contributed by atoms with Crippen LogP contribution in [0.15, 0.2) is 78.0 Å². The Balaban J connectivity index is 1.55. The van der Waals surface area contributed by atoms with Crippen molar-refractivity contribution in [2.45, 2.75) is 32.0 Å². The predicted octanol–water partition coefficient (Wildman–Crippen LogP) is 4.39. The molecule has 5 rings (SSSR count). The molecule has 2 aromatic carbocycles. The van der Waals surface area contributed by atoms with Gasteiger partial charge >= 0.3 is 12.2 Å². The van der Waals surface area contributed by atoms with Crippen molar-refractivity contribution in [2.24, 2.45) is 16.9 Å². The van der Waals surface area contributed by atoms with E-state index in [0.29, 0.717) is 29.7 Å². The molecule has 1 unspecified atom stereocenters. The van der Waals surface area contributed by atoms with E-state index in [9.17, 15) is 22.8 Å². The minimum atomic E-state index is -4.50. The van der Waals surface area contributed by atoms with Crippen LogP contribution in [0.3, 0.4) is 0 Å². The number of hydrogen-bond acceptors (Lipinski definition) is 4. The van der Waals surface area contributed by atoms with Crippen LogP contribution in [0.25, 0.3) is 16.8 Å². The van der Waals surface area contributed by atoms with Crippen molar-refractivity contribution in [3.05, 3.63) is 89.1 Å². The lowest BCUT2D eigenvalue weighted by molar-refractivity contribution is -0.137. The standard InChI is InChI=1S/C28H27F3N6O2/c29-28(30,31)20-8-4-7-19(15-20)21-9-11-27(25(32)38,23-17-36(26(33)39)13-10-22(21)23)12-14-37-24(16-34-35-37)18-5-2-1-3-6-18/h1-9,15-16H,10-14,17H2,(H2,32,38)(H2,33,39). The monoisotopic (exact) mass is 536 g/mol. The molecule has 1 aliphatic heterocycles. The molecule has 1 aliphatic carbocycles. The number of hydrogen-bond donors (Lipinski definition) is 2. The first-order chi connectivity index (χ1) is 18.6. The molecule has 1 aromatic heterocycles. The Morgan fingerprint density at radius 2 is 1.77 bits per heavy atom. The van der Waals surface area contributed by atoms with E-state index in [-0.39, 0.29) is 25.9 Å². The fraction of sp³-hybridized carbons (Fsp3) is 0.286. The highest BCUT2D eigenvalue weighted by atomic mass is 19.4. The summed E-state index contributed by atoms with van der Waals surface area (Å²) in [5.74, 6) is -0.581. The average Bonchev–Trinajstić information content (AvgIpc) is 3.40. The Kier molecular flexibility index (Phi) is 6.75. The van der Waals surface area contributed by atoms with Crippen molar-refractivity contribution in [1.82, 2.24) is 19.9 Å². The number of halogens is 3. The first kappa shape index (κ1) is 26.2. The lowest BCUT2D eigenvalue weighted by atomic mass is 9.65. The van der Waals surface area contributed by atoms with Crippen LogP contribution in [0.4, 0.5) is 18.0 Å². The van der Waals surface area contributed by atoms with Crippen molar-refractivity contribution in [1.29, 1.82) is 0 Å². The third-order valence-electron chi connectivity index (χ3n) is 7.62. The topological polar surface area (TPSA) is 120 Å². The van der Waals surface area contributed by atoms with Crippen LogP contribution >= 0.6 is 0 Å². The summed E-state index contributed by atoms with van der Waals surface area (Å²) in [4.78, 5) is 26.7. The second-order valence-electron chi connectivity index (χ2n) is 9.77. The molecule has 8 nitrogen and oxygen atoms in total. The fourth-order valence-corrected chi connectivity index (χ4v) is 5.54. The van der Waals surface area contributed by atoms with Crippen molar-refractivity contribution < 1.29 is 22.8 Å². The van der Waals surface area contributed by atoms with Crippen molar-refractivity contribution in [2.75, 3.05) is 13.1 Å². The zero-order valence-corrected chi connectivity index (χ0v) is 21.0. The van der Waals surface area contributed by atoms with Crippen LogP contribution in [-0.2, 0) is 17.5 Å². The predicted molar refractivity (Wildman–Crippen MR) is 139 cm³/mol. The number of alkyl halides is 3. The van der Waals surface area contributed by atoms with Gasteiger partial charge in [-0.25, -0.2) is 9.48 Å². The molecule has 0 radical (unpaired) electrons. The zero-order chi connectivity index (χ0) is 27.8. The Labute approximate surface area is 222 Å². The van der Waals surface area contributed by atoms with Crippen LogP contribution in [-0.4, -0.2) is 44.9 Å². The molecular weight excluding hydrogens is 509 g/mol. The molecule has 3 aromatic rings. The Morgan fingerprint density at radius 3 is 2.46 bits per heavy atom.